The average Bonchev–Trinajstić information content (AvgIpc) is 3.23. The van der Waals surface area contributed by atoms with Gasteiger partial charge in [0.1, 0.15) is 0 Å². The van der Waals surface area contributed by atoms with Crippen molar-refractivity contribution in [2.45, 2.75) is 25.7 Å². The van der Waals surface area contributed by atoms with Crippen molar-refractivity contribution in [3.05, 3.63) is 30.1 Å². The lowest BCUT2D eigenvalue weighted by Gasteiger charge is -2.28. The van der Waals surface area contributed by atoms with Gasteiger partial charge in [-0.05, 0) is 25.0 Å². The van der Waals surface area contributed by atoms with Gasteiger partial charge in [-0.15, -0.1) is 0 Å². The number of carbonyl (C=O) groups is 2. The molecule has 1 aliphatic heterocycles. The summed E-state index contributed by atoms with van der Waals surface area (Å²) in [6, 6.07) is 3.55. The minimum absolute atomic E-state index is 0.0263. The predicted molar refractivity (Wildman–Crippen MR) is 89.4 cm³/mol. The van der Waals surface area contributed by atoms with Crippen LogP contribution in [0.4, 0.5) is 0 Å². The van der Waals surface area contributed by atoms with E-state index in [1.807, 2.05) is 4.90 Å². The molecule has 1 aromatic rings. The second-order valence-electron chi connectivity index (χ2n) is 6.83. The molecule has 3 rings (SSSR count). The van der Waals surface area contributed by atoms with Crippen LogP contribution in [0.25, 0.3) is 0 Å². The van der Waals surface area contributed by atoms with Gasteiger partial charge < -0.3 is 15.0 Å². The van der Waals surface area contributed by atoms with Crippen molar-refractivity contribution in [1.82, 2.24) is 15.2 Å². The van der Waals surface area contributed by atoms with Gasteiger partial charge in [-0.2, -0.15) is 0 Å². The third-order valence-electron chi connectivity index (χ3n) is 5.36. The molecular formula is C18H25N3O3. The number of carbonyl (C=O) groups excluding carboxylic acids is 2. The summed E-state index contributed by atoms with van der Waals surface area (Å²) in [6.07, 6.45) is 7.56. The van der Waals surface area contributed by atoms with E-state index in [9.17, 15) is 9.59 Å². The number of pyridine rings is 1. The van der Waals surface area contributed by atoms with E-state index < -0.39 is 0 Å². The summed E-state index contributed by atoms with van der Waals surface area (Å²) in [7, 11) is 1.62. The highest BCUT2D eigenvalue weighted by Gasteiger charge is 2.52. The van der Waals surface area contributed by atoms with Gasteiger partial charge in [-0.1, -0.05) is 12.8 Å². The van der Waals surface area contributed by atoms with Crippen LogP contribution in [-0.2, 0) is 9.53 Å². The monoisotopic (exact) mass is 331 g/mol. The second-order valence-corrected chi connectivity index (χ2v) is 6.83. The Morgan fingerprint density at radius 1 is 1.42 bits per heavy atom. The van der Waals surface area contributed by atoms with Gasteiger partial charge in [-0.3, -0.25) is 14.6 Å². The molecule has 0 aromatic carbocycles. The first-order chi connectivity index (χ1) is 11.7. The Bertz CT molecular complexity index is 584. The Balaban J connectivity index is 1.73. The Kier molecular flexibility index (Phi) is 5.14. The first-order valence-electron chi connectivity index (χ1n) is 8.62. The molecule has 1 saturated carbocycles. The van der Waals surface area contributed by atoms with E-state index in [1.54, 1.807) is 31.6 Å². The smallest absolute Gasteiger partial charge is 0.255 e. The van der Waals surface area contributed by atoms with Crippen LogP contribution in [0.15, 0.2) is 24.5 Å². The zero-order chi connectivity index (χ0) is 17.0. The molecular weight excluding hydrogens is 306 g/mol. The lowest BCUT2D eigenvalue weighted by molar-refractivity contribution is -0.127. The molecule has 0 radical (unpaired) electrons. The number of hydrogen-bond acceptors (Lipinski definition) is 4. The molecule has 1 spiro atoms. The molecule has 1 atom stereocenters. The normalized spacial score (nSPS) is 22.0. The van der Waals surface area contributed by atoms with Gasteiger partial charge >= 0.3 is 0 Å². The summed E-state index contributed by atoms with van der Waals surface area (Å²) in [4.78, 5) is 31.3. The maximum Gasteiger partial charge on any atom is 0.255 e. The Morgan fingerprint density at radius 3 is 2.88 bits per heavy atom. The first kappa shape index (κ1) is 16.9. The summed E-state index contributed by atoms with van der Waals surface area (Å²) in [6.45, 7) is 2.18. The van der Waals surface area contributed by atoms with Crippen LogP contribution < -0.4 is 5.32 Å². The number of likely N-dealkylation sites (tertiary alicyclic amines) is 1. The highest BCUT2D eigenvalue weighted by Crippen LogP contribution is 2.49. The van der Waals surface area contributed by atoms with Crippen molar-refractivity contribution in [3.63, 3.8) is 0 Å². The second kappa shape index (κ2) is 7.30. The van der Waals surface area contributed by atoms with Crippen molar-refractivity contribution in [2.24, 2.45) is 11.3 Å². The number of ether oxygens (including phenoxy) is 1. The van der Waals surface area contributed by atoms with E-state index in [0.29, 0.717) is 31.8 Å². The van der Waals surface area contributed by atoms with Gasteiger partial charge in [0.05, 0.1) is 18.1 Å². The van der Waals surface area contributed by atoms with Crippen molar-refractivity contribution < 1.29 is 14.3 Å². The summed E-state index contributed by atoms with van der Waals surface area (Å²) < 4.78 is 5.00. The highest BCUT2D eigenvalue weighted by atomic mass is 16.5. The third-order valence-corrected chi connectivity index (χ3v) is 5.36. The van der Waals surface area contributed by atoms with Crippen LogP contribution in [0.2, 0.25) is 0 Å². The molecule has 2 heterocycles. The Labute approximate surface area is 142 Å². The molecule has 2 amide bonds. The lowest BCUT2D eigenvalue weighted by Crippen LogP contribution is -2.41. The number of nitrogens with one attached hydrogen (secondary N) is 1. The van der Waals surface area contributed by atoms with E-state index in [4.69, 9.17) is 4.74 Å². The van der Waals surface area contributed by atoms with Gasteiger partial charge in [0.15, 0.2) is 0 Å². The van der Waals surface area contributed by atoms with Gasteiger partial charge in [-0.25, -0.2) is 0 Å². The minimum atomic E-state index is -0.127. The van der Waals surface area contributed by atoms with Crippen LogP contribution in [0.1, 0.15) is 36.0 Å². The van der Waals surface area contributed by atoms with E-state index in [2.05, 4.69) is 10.3 Å². The van der Waals surface area contributed by atoms with Crippen molar-refractivity contribution in [2.75, 3.05) is 33.4 Å². The lowest BCUT2D eigenvalue weighted by atomic mass is 9.76. The number of rotatable bonds is 5. The summed E-state index contributed by atoms with van der Waals surface area (Å²) >= 11 is 0. The molecule has 130 valence electrons. The van der Waals surface area contributed by atoms with Gasteiger partial charge in [0.2, 0.25) is 5.91 Å². The van der Waals surface area contributed by atoms with Crippen molar-refractivity contribution >= 4 is 11.8 Å². The van der Waals surface area contributed by atoms with Crippen LogP contribution >= 0.6 is 0 Å². The minimum Gasteiger partial charge on any atom is -0.383 e. The fourth-order valence-corrected chi connectivity index (χ4v) is 4.14. The quantitative estimate of drug-likeness (QED) is 0.830. The molecule has 6 heteroatoms. The number of nitrogens with zero attached hydrogens (tertiary/aromatic N) is 2. The molecule has 1 saturated heterocycles. The fourth-order valence-electron chi connectivity index (χ4n) is 4.14. The van der Waals surface area contributed by atoms with E-state index in [1.165, 1.54) is 0 Å². The maximum absolute atomic E-state index is 12.7. The molecule has 1 unspecified atom stereocenters. The summed E-state index contributed by atoms with van der Waals surface area (Å²) in [5, 5.41) is 2.96. The van der Waals surface area contributed by atoms with E-state index in [0.717, 1.165) is 25.7 Å². The molecule has 1 N–H and O–H groups in total. The largest absolute Gasteiger partial charge is 0.383 e. The van der Waals surface area contributed by atoms with Crippen LogP contribution in [0, 0.1) is 11.3 Å². The summed E-state index contributed by atoms with van der Waals surface area (Å²) in [5.41, 5.74) is 0.528. The van der Waals surface area contributed by atoms with Crippen LogP contribution in [0.5, 0.6) is 0 Å². The Hall–Kier alpha value is -1.95. The average molecular weight is 331 g/mol. The molecule has 24 heavy (non-hydrogen) atoms. The molecule has 6 nitrogen and oxygen atoms in total. The zero-order valence-electron chi connectivity index (χ0n) is 14.2. The van der Waals surface area contributed by atoms with Crippen LogP contribution in [-0.4, -0.2) is 55.0 Å². The van der Waals surface area contributed by atoms with E-state index >= 15 is 0 Å². The number of methoxy groups -OCH3 is 1. The molecule has 1 aromatic heterocycles. The number of amides is 2. The van der Waals surface area contributed by atoms with Crippen molar-refractivity contribution in [3.8, 4) is 0 Å². The SMILES string of the molecule is COCCNC(=O)C1CN(C(=O)c2cccnc2)CC12CCCC2. The summed E-state index contributed by atoms with van der Waals surface area (Å²) in [5.74, 6) is -0.102. The molecule has 2 aliphatic rings. The third kappa shape index (κ3) is 3.29. The number of hydrogen-bond donors (Lipinski definition) is 1. The van der Waals surface area contributed by atoms with E-state index in [-0.39, 0.29) is 23.1 Å². The zero-order valence-corrected chi connectivity index (χ0v) is 14.2. The van der Waals surface area contributed by atoms with Crippen LogP contribution in [0.3, 0.4) is 0 Å². The van der Waals surface area contributed by atoms with Gasteiger partial charge in [0, 0.05) is 44.6 Å². The van der Waals surface area contributed by atoms with Gasteiger partial charge in [0.25, 0.3) is 5.91 Å². The molecule has 2 fully saturated rings. The molecule has 1 aliphatic carbocycles. The first-order valence-corrected chi connectivity index (χ1v) is 8.62. The number of aromatic nitrogens is 1. The maximum atomic E-state index is 12.7. The highest BCUT2D eigenvalue weighted by molar-refractivity contribution is 5.95. The standard InChI is InChI=1S/C18H25N3O3/c1-24-10-9-20-16(22)15-12-21(13-18(15)6-2-3-7-18)17(23)14-5-4-8-19-11-14/h4-5,8,11,15H,2-3,6-7,9-10,12-13H2,1H3,(H,20,22). The van der Waals surface area contributed by atoms with Crippen molar-refractivity contribution in [1.29, 1.82) is 0 Å². The topological polar surface area (TPSA) is 71.5 Å². The predicted octanol–water partition coefficient (Wildman–Crippen LogP) is 1.48. The fraction of sp³-hybridized carbons (Fsp3) is 0.611. The molecule has 0 bridgehead atoms. The Morgan fingerprint density at radius 2 is 2.21 bits per heavy atom.